The Morgan fingerprint density at radius 1 is 1.50 bits per heavy atom. The first-order valence-corrected chi connectivity index (χ1v) is 6.62. The van der Waals surface area contributed by atoms with E-state index in [-0.39, 0.29) is 5.91 Å². The van der Waals surface area contributed by atoms with Gasteiger partial charge in [0.1, 0.15) is 0 Å². The number of piperazine rings is 1. The summed E-state index contributed by atoms with van der Waals surface area (Å²) in [6.45, 7) is 4.77. The molecule has 1 unspecified atom stereocenters. The van der Waals surface area contributed by atoms with Gasteiger partial charge in [0, 0.05) is 36.3 Å². The van der Waals surface area contributed by atoms with Crippen LogP contribution < -0.4 is 10.7 Å². The van der Waals surface area contributed by atoms with Crippen LogP contribution in [0.25, 0.3) is 0 Å². The number of amides is 1. The number of rotatable bonds is 3. The van der Waals surface area contributed by atoms with Crippen molar-refractivity contribution in [2.24, 2.45) is 0 Å². The Bertz CT molecular complexity index is 407. The van der Waals surface area contributed by atoms with E-state index in [1.807, 2.05) is 5.01 Å². The predicted molar refractivity (Wildman–Crippen MR) is 72.6 cm³/mol. The van der Waals surface area contributed by atoms with Crippen molar-refractivity contribution in [2.45, 2.75) is 19.4 Å². The van der Waals surface area contributed by atoms with Crippen LogP contribution in [0.2, 0.25) is 5.02 Å². The normalized spacial score (nSPS) is 20.7. The lowest BCUT2D eigenvalue weighted by Gasteiger charge is -2.35. The van der Waals surface area contributed by atoms with Gasteiger partial charge < -0.3 is 5.32 Å². The average Bonchev–Trinajstić information content (AvgIpc) is 2.40. The fourth-order valence-corrected chi connectivity index (χ4v) is 2.20. The molecule has 1 amide bonds. The predicted octanol–water partition coefficient (Wildman–Crippen LogP) is 1.67. The molecule has 0 radical (unpaired) electrons. The van der Waals surface area contributed by atoms with E-state index in [4.69, 9.17) is 11.6 Å². The summed E-state index contributed by atoms with van der Waals surface area (Å²) in [5.41, 5.74) is 3.60. The van der Waals surface area contributed by atoms with Gasteiger partial charge in [-0.15, -0.1) is 0 Å². The Labute approximate surface area is 112 Å². The molecule has 0 saturated carbocycles. The van der Waals surface area contributed by atoms with Crippen molar-refractivity contribution in [2.75, 3.05) is 19.6 Å². The molecule has 0 bridgehead atoms. The van der Waals surface area contributed by atoms with E-state index in [2.05, 4.69) is 17.7 Å². The molecule has 2 rings (SSSR count). The summed E-state index contributed by atoms with van der Waals surface area (Å²) in [4.78, 5) is 12.1. The minimum Gasteiger partial charge on any atom is -0.314 e. The first-order valence-electron chi connectivity index (χ1n) is 6.24. The van der Waals surface area contributed by atoms with Gasteiger partial charge >= 0.3 is 0 Å². The summed E-state index contributed by atoms with van der Waals surface area (Å²) in [5, 5.41) is 5.99. The van der Waals surface area contributed by atoms with E-state index >= 15 is 0 Å². The lowest BCUT2D eigenvalue weighted by Crippen LogP contribution is -2.58. The molecule has 5 heteroatoms. The molecule has 98 valence electrons. The van der Waals surface area contributed by atoms with Gasteiger partial charge in [-0.2, -0.15) is 0 Å². The third-order valence-corrected chi connectivity index (χ3v) is 3.43. The number of carbonyl (C=O) groups is 1. The molecule has 4 nitrogen and oxygen atoms in total. The Hall–Kier alpha value is -1.10. The zero-order chi connectivity index (χ0) is 13.0. The summed E-state index contributed by atoms with van der Waals surface area (Å²) in [6.07, 6.45) is 1.01. The van der Waals surface area contributed by atoms with E-state index in [1.54, 1.807) is 24.3 Å². The largest absolute Gasteiger partial charge is 0.314 e. The molecule has 0 aromatic heterocycles. The van der Waals surface area contributed by atoms with Crippen molar-refractivity contribution in [1.82, 2.24) is 15.8 Å². The number of hydrazine groups is 1. The van der Waals surface area contributed by atoms with Gasteiger partial charge in [0.05, 0.1) is 0 Å². The molecule has 2 N–H and O–H groups in total. The summed E-state index contributed by atoms with van der Waals surface area (Å²) >= 11 is 5.80. The van der Waals surface area contributed by atoms with Crippen LogP contribution >= 0.6 is 11.6 Å². The number of hydrogen-bond acceptors (Lipinski definition) is 3. The molecule has 1 aromatic rings. The highest BCUT2D eigenvalue weighted by Gasteiger charge is 2.22. The van der Waals surface area contributed by atoms with E-state index in [0.717, 1.165) is 26.1 Å². The van der Waals surface area contributed by atoms with Crippen LogP contribution in [0.15, 0.2) is 24.3 Å². The van der Waals surface area contributed by atoms with Crippen LogP contribution in [0.4, 0.5) is 0 Å². The van der Waals surface area contributed by atoms with Gasteiger partial charge in [0.2, 0.25) is 0 Å². The molecule has 1 aromatic carbocycles. The third-order valence-electron chi connectivity index (χ3n) is 3.17. The maximum atomic E-state index is 12.1. The molecular formula is C13H18ClN3O. The molecule has 0 spiro atoms. The fraction of sp³-hybridized carbons (Fsp3) is 0.462. The van der Waals surface area contributed by atoms with E-state index in [1.165, 1.54) is 0 Å². The smallest absolute Gasteiger partial charge is 0.265 e. The highest BCUT2D eigenvalue weighted by Crippen LogP contribution is 2.10. The van der Waals surface area contributed by atoms with Crippen molar-refractivity contribution < 1.29 is 4.79 Å². The highest BCUT2D eigenvalue weighted by molar-refractivity contribution is 6.30. The van der Waals surface area contributed by atoms with Crippen molar-refractivity contribution in [3.63, 3.8) is 0 Å². The van der Waals surface area contributed by atoms with Crippen LogP contribution in [0.5, 0.6) is 0 Å². The van der Waals surface area contributed by atoms with Gasteiger partial charge in [-0.25, -0.2) is 5.01 Å². The maximum absolute atomic E-state index is 12.1. The van der Waals surface area contributed by atoms with Crippen molar-refractivity contribution in [3.8, 4) is 0 Å². The number of nitrogens with one attached hydrogen (secondary N) is 2. The van der Waals surface area contributed by atoms with Crippen LogP contribution in [-0.2, 0) is 0 Å². The Morgan fingerprint density at radius 2 is 2.22 bits per heavy atom. The fourth-order valence-electron chi connectivity index (χ4n) is 2.07. The third kappa shape index (κ3) is 3.22. The number of hydrogen-bond donors (Lipinski definition) is 2. The molecule has 1 fully saturated rings. The summed E-state index contributed by atoms with van der Waals surface area (Å²) < 4.78 is 0. The molecule has 1 aliphatic heterocycles. The Balaban J connectivity index is 1.99. The van der Waals surface area contributed by atoms with E-state index in [0.29, 0.717) is 16.6 Å². The van der Waals surface area contributed by atoms with Gasteiger partial charge in [-0.05, 0) is 30.7 Å². The number of carbonyl (C=O) groups excluding carboxylic acids is 1. The number of nitrogens with zero attached hydrogens (tertiary/aromatic N) is 1. The minimum atomic E-state index is -0.0768. The van der Waals surface area contributed by atoms with Gasteiger partial charge in [0.25, 0.3) is 5.91 Å². The second-order valence-electron chi connectivity index (χ2n) is 4.41. The lowest BCUT2D eigenvalue weighted by atomic mass is 10.1. The van der Waals surface area contributed by atoms with Crippen molar-refractivity contribution >= 4 is 17.5 Å². The maximum Gasteiger partial charge on any atom is 0.265 e. The zero-order valence-corrected chi connectivity index (χ0v) is 11.2. The monoisotopic (exact) mass is 267 g/mol. The van der Waals surface area contributed by atoms with Crippen LogP contribution in [0, 0.1) is 0 Å². The molecule has 18 heavy (non-hydrogen) atoms. The van der Waals surface area contributed by atoms with Crippen LogP contribution in [0.1, 0.15) is 23.7 Å². The molecule has 0 aliphatic carbocycles. The van der Waals surface area contributed by atoms with E-state index in [9.17, 15) is 4.79 Å². The Morgan fingerprint density at radius 3 is 2.89 bits per heavy atom. The molecular weight excluding hydrogens is 250 g/mol. The topological polar surface area (TPSA) is 44.4 Å². The van der Waals surface area contributed by atoms with Gasteiger partial charge in [-0.3, -0.25) is 10.2 Å². The molecule has 1 atom stereocenters. The van der Waals surface area contributed by atoms with Crippen molar-refractivity contribution in [3.05, 3.63) is 34.9 Å². The van der Waals surface area contributed by atoms with Crippen LogP contribution in [-0.4, -0.2) is 36.6 Å². The lowest BCUT2D eigenvalue weighted by molar-refractivity contribution is 0.0606. The first-order chi connectivity index (χ1) is 8.70. The van der Waals surface area contributed by atoms with Crippen LogP contribution in [0.3, 0.4) is 0 Å². The van der Waals surface area contributed by atoms with Gasteiger partial charge in [0.15, 0.2) is 0 Å². The highest BCUT2D eigenvalue weighted by atomic mass is 35.5. The van der Waals surface area contributed by atoms with Crippen molar-refractivity contribution in [1.29, 1.82) is 0 Å². The second kappa shape index (κ2) is 6.18. The van der Waals surface area contributed by atoms with E-state index < -0.39 is 0 Å². The van der Waals surface area contributed by atoms with Gasteiger partial charge in [-0.1, -0.05) is 18.5 Å². The quantitative estimate of drug-likeness (QED) is 0.876. The Kier molecular flexibility index (Phi) is 4.58. The number of halogens is 1. The summed E-state index contributed by atoms with van der Waals surface area (Å²) in [6, 6.07) is 7.29. The zero-order valence-electron chi connectivity index (χ0n) is 10.4. The standard InChI is InChI=1S/C13H18ClN3O/c1-2-12-9-15-7-8-17(12)16-13(18)10-3-5-11(14)6-4-10/h3-6,12,15H,2,7-9H2,1H3,(H,16,18). The SMILES string of the molecule is CCC1CNCCN1NC(=O)c1ccc(Cl)cc1. The minimum absolute atomic E-state index is 0.0768. The first kappa shape index (κ1) is 13.3. The molecule has 1 saturated heterocycles. The summed E-state index contributed by atoms with van der Waals surface area (Å²) in [5.74, 6) is -0.0768. The summed E-state index contributed by atoms with van der Waals surface area (Å²) in [7, 11) is 0. The number of benzene rings is 1. The average molecular weight is 268 g/mol. The molecule has 1 heterocycles. The second-order valence-corrected chi connectivity index (χ2v) is 4.84. The molecule has 1 aliphatic rings.